The molecule has 2 aliphatic rings. The first-order valence-electron chi connectivity index (χ1n) is 4.81. The van der Waals surface area contributed by atoms with Crippen LogP contribution in [0.3, 0.4) is 0 Å². The molecule has 0 aromatic carbocycles. The molecule has 2 rings (SSSR count). The maximum atomic E-state index is 5.68. The third-order valence-corrected chi connectivity index (χ3v) is 2.39. The minimum Gasteiger partial charge on any atom is -0.476 e. The van der Waals surface area contributed by atoms with Crippen LogP contribution in [0, 0.1) is 5.92 Å². The number of nitrogens with two attached hydrogens (primary N) is 1. The van der Waals surface area contributed by atoms with Gasteiger partial charge in [0.2, 0.25) is 0 Å². The molecule has 1 atom stereocenters. The average Bonchev–Trinajstić information content (AvgIpc) is 2.83. The standard InChI is InChI=1S/C9H16N2O/c10-5-1-2-8-6-11-9(12-8)7-3-4-7/h7-8H,1-6,10H2. The van der Waals surface area contributed by atoms with Gasteiger partial charge in [0.05, 0.1) is 6.54 Å². The van der Waals surface area contributed by atoms with Gasteiger partial charge in [0, 0.05) is 5.92 Å². The molecule has 0 aromatic rings. The minimum atomic E-state index is 0.337. The maximum Gasteiger partial charge on any atom is 0.186 e. The van der Waals surface area contributed by atoms with E-state index in [1.807, 2.05) is 0 Å². The third-order valence-electron chi connectivity index (χ3n) is 2.39. The predicted octanol–water partition coefficient (Wildman–Crippen LogP) is 0.933. The lowest BCUT2D eigenvalue weighted by Gasteiger charge is -2.09. The van der Waals surface area contributed by atoms with E-state index in [9.17, 15) is 0 Å². The molecule has 3 nitrogen and oxygen atoms in total. The lowest BCUT2D eigenvalue weighted by Crippen LogP contribution is -2.15. The van der Waals surface area contributed by atoms with Crippen molar-refractivity contribution in [3.05, 3.63) is 0 Å². The van der Waals surface area contributed by atoms with Crippen molar-refractivity contribution in [3.63, 3.8) is 0 Å². The van der Waals surface area contributed by atoms with Crippen LogP contribution in [-0.4, -0.2) is 25.1 Å². The van der Waals surface area contributed by atoms with Crippen molar-refractivity contribution in [2.45, 2.75) is 31.8 Å². The summed E-state index contributed by atoms with van der Waals surface area (Å²) in [5.41, 5.74) is 5.42. The van der Waals surface area contributed by atoms with Gasteiger partial charge in [-0.2, -0.15) is 0 Å². The smallest absolute Gasteiger partial charge is 0.186 e. The number of aliphatic imine (C=N–C) groups is 1. The average molecular weight is 168 g/mol. The molecular weight excluding hydrogens is 152 g/mol. The van der Waals surface area contributed by atoms with Crippen LogP contribution < -0.4 is 5.73 Å². The highest BCUT2D eigenvalue weighted by Gasteiger charge is 2.33. The first-order valence-corrected chi connectivity index (χ1v) is 4.81. The Labute approximate surface area is 73.0 Å². The van der Waals surface area contributed by atoms with E-state index < -0.39 is 0 Å². The molecule has 2 N–H and O–H groups in total. The van der Waals surface area contributed by atoms with Crippen molar-refractivity contribution in [1.82, 2.24) is 0 Å². The van der Waals surface area contributed by atoms with Crippen LogP contribution in [0.5, 0.6) is 0 Å². The van der Waals surface area contributed by atoms with Crippen LogP contribution in [0.1, 0.15) is 25.7 Å². The minimum absolute atomic E-state index is 0.337. The Kier molecular flexibility index (Phi) is 2.30. The number of nitrogens with zero attached hydrogens (tertiary/aromatic N) is 1. The van der Waals surface area contributed by atoms with Crippen LogP contribution in [0.25, 0.3) is 0 Å². The molecule has 1 saturated carbocycles. The molecule has 3 heteroatoms. The lowest BCUT2D eigenvalue weighted by atomic mass is 10.2. The second kappa shape index (κ2) is 3.44. The molecule has 1 aliphatic heterocycles. The molecule has 0 radical (unpaired) electrons. The summed E-state index contributed by atoms with van der Waals surface area (Å²) in [5, 5.41) is 0. The van der Waals surface area contributed by atoms with Crippen LogP contribution in [0.4, 0.5) is 0 Å². The molecular formula is C9H16N2O. The molecule has 0 saturated heterocycles. The van der Waals surface area contributed by atoms with Crippen molar-refractivity contribution in [2.75, 3.05) is 13.1 Å². The van der Waals surface area contributed by atoms with Crippen LogP contribution >= 0.6 is 0 Å². The second-order valence-electron chi connectivity index (χ2n) is 3.62. The fraction of sp³-hybridized carbons (Fsp3) is 0.889. The van der Waals surface area contributed by atoms with Crippen LogP contribution in [0.2, 0.25) is 0 Å². The van der Waals surface area contributed by atoms with Crippen molar-refractivity contribution in [1.29, 1.82) is 0 Å². The van der Waals surface area contributed by atoms with Crippen molar-refractivity contribution < 1.29 is 4.74 Å². The summed E-state index contributed by atoms with van der Waals surface area (Å²) in [4.78, 5) is 4.39. The number of hydrogen-bond donors (Lipinski definition) is 1. The zero-order chi connectivity index (χ0) is 8.39. The Balaban J connectivity index is 1.71. The van der Waals surface area contributed by atoms with Gasteiger partial charge in [-0.05, 0) is 32.2 Å². The number of hydrogen-bond acceptors (Lipinski definition) is 3. The molecule has 0 amide bonds. The Morgan fingerprint density at radius 2 is 2.33 bits per heavy atom. The predicted molar refractivity (Wildman–Crippen MR) is 48.2 cm³/mol. The van der Waals surface area contributed by atoms with E-state index in [0.29, 0.717) is 12.0 Å². The van der Waals surface area contributed by atoms with Crippen LogP contribution in [0.15, 0.2) is 4.99 Å². The van der Waals surface area contributed by atoms with E-state index in [1.165, 1.54) is 12.8 Å². The molecule has 1 fully saturated rings. The molecule has 1 heterocycles. The highest BCUT2D eigenvalue weighted by molar-refractivity contribution is 5.82. The summed E-state index contributed by atoms with van der Waals surface area (Å²) in [7, 11) is 0. The fourth-order valence-electron chi connectivity index (χ4n) is 1.49. The SMILES string of the molecule is NCCCC1CN=C(C2CC2)O1. The van der Waals surface area contributed by atoms with E-state index in [4.69, 9.17) is 10.5 Å². The first kappa shape index (κ1) is 8.05. The Morgan fingerprint density at radius 3 is 3.00 bits per heavy atom. The van der Waals surface area contributed by atoms with Gasteiger partial charge in [-0.25, -0.2) is 0 Å². The van der Waals surface area contributed by atoms with E-state index >= 15 is 0 Å². The van der Waals surface area contributed by atoms with Crippen molar-refractivity contribution in [3.8, 4) is 0 Å². The number of rotatable bonds is 4. The fourth-order valence-corrected chi connectivity index (χ4v) is 1.49. The summed E-state index contributed by atoms with van der Waals surface area (Å²) in [6.07, 6.45) is 5.02. The molecule has 0 bridgehead atoms. The number of ether oxygens (including phenoxy) is 1. The summed E-state index contributed by atoms with van der Waals surface area (Å²) in [6, 6.07) is 0. The molecule has 1 aliphatic carbocycles. The Morgan fingerprint density at radius 1 is 1.50 bits per heavy atom. The zero-order valence-corrected chi connectivity index (χ0v) is 7.33. The molecule has 1 unspecified atom stereocenters. The van der Waals surface area contributed by atoms with Gasteiger partial charge in [0.1, 0.15) is 6.10 Å². The van der Waals surface area contributed by atoms with E-state index in [1.54, 1.807) is 0 Å². The molecule has 0 spiro atoms. The Bertz CT molecular complexity index is 187. The van der Waals surface area contributed by atoms with Gasteiger partial charge in [0.25, 0.3) is 0 Å². The summed E-state index contributed by atoms with van der Waals surface area (Å²) in [6.45, 7) is 1.63. The maximum absolute atomic E-state index is 5.68. The van der Waals surface area contributed by atoms with Gasteiger partial charge < -0.3 is 10.5 Å². The highest BCUT2D eigenvalue weighted by Crippen LogP contribution is 2.33. The summed E-state index contributed by atoms with van der Waals surface area (Å²) in [5.74, 6) is 1.70. The van der Waals surface area contributed by atoms with E-state index in [2.05, 4.69) is 4.99 Å². The van der Waals surface area contributed by atoms with Gasteiger partial charge in [0.15, 0.2) is 5.90 Å². The third kappa shape index (κ3) is 1.78. The summed E-state index contributed by atoms with van der Waals surface area (Å²) < 4.78 is 5.68. The van der Waals surface area contributed by atoms with Crippen molar-refractivity contribution in [2.24, 2.45) is 16.6 Å². The topological polar surface area (TPSA) is 47.6 Å². The highest BCUT2D eigenvalue weighted by atomic mass is 16.5. The van der Waals surface area contributed by atoms with E-state index in [-0.39, 0.29) is 0 Å². The monoisotopic (exact) mass is 168 g/mol. The first-order chi connectivity index (χ1) is 5.90. The second-order valence-corrected chi connectivity index (χ2v) is 3.62. The van der Waals surface area contributed by atoms with Gasteiger partial charge in [-0.3, -0.25) is 4.99 Å². The lowest BCUT2D eigenvalue weighted by molar-refractivity contribution is 0.204. The van der Waals surface area contributed by atoms with Gasteiger partial charge in [-0.1, -0.05) is 0 Å². The Hall–Kier alpha value is -0.570. The normalized spacial score (nSPS) is 28.4. The van der Waals surface area contributed by atoms with Crippen molar-refractivity contribution >= 4 is 5.90 Å². The van der Waals surface area contributed by atoms with Gasteiger partial charge in [-0.15, -0.1) is 0 Å². The zero-order valence-electron chi connectivity index (χ0n) is 7.33. The van der Waals surface area contributed by atoms with Gasteiger partial charge >= 0.3 is 0 Å². The van der Waals surface area contributed by atoms with E-state index in [0.717, 1.165) is 31.8 Å². The molecule has 68 valence electrons. The quantitative estimate of drug-likeness (QED) is 0.679. The largest absolute Gasteiger partial charge is 0.476 e. The van der Waals surface area contributed by atoms with Crippen LogP contribution in [-0.2, 0) is 4.74 Å². The molecule has 0 aromatic heterocycles. The molecule has 12 heavy (non-hydrogen) atoms. The summed E-state index contributed by atoms with van der Waals surface area (Å²) >= 11 is 0.